The van der Waals surface area contributed by atoms with Gasteiger partial charge in [0.2, 0.25) is 0 Å². The molecule has 0 aliphatic carbocycles. The van der Waals surface area contributed by atoms with Crippen LogP contribution < -0.4 is 0 Å². The molecule has 2 aromatic carbocycles. The summed E-state index contributed by atoms with van der Waals surface area (Å²) >= 11 is 1.78. The van der Waals surface area contributed by atoms with Crippen LogP contribution in [0.3, 0.4) is 0 Å². The molecule has 0 radical (unpaired) electrons. The number of rotatable bonds is 2. The van der Waals surface area contributed by atoms with Crippen molar-refractivity contribution < 1.29 is 0 Å². The maximum atomic E-state index is 4.73. The van der Waals surface area contributed by atoms with Crippen LogP contribution in [0.15, 0.2) is 54.6 Å². The monoisotopic (exact) mass is 278 g/mol. The van der Waals surface area contributed by atoms with Crippen LogP contribution in [0.1, 0.15) is 10.7 Å². The summed E-state index contributed by atoms with van der Waals surface area (Å²) in [6.07, 6.45) is 0. The lowest BCUT2D eigenvalue weighted by Gasteiger charge is -2.05. The highest BCUT2D eigenvalue weighted by molar-refractivity contribution is 7.18. The van der Waals surface area contributed by atoms with Crippen LogP contribution >= 0.6 is 11.3 Å². The third-order valence-corrected chi connectivity index (χ3v) is 4.67. The molecule has 0 fully saturated rings. The average Bonchev–Trinajstić information content (AvgIpc) is 3.00. The van der Waals surface area contributed by atoms with E-state index in [9.17, 15) is 0 Å². The first-order valence-corrected chi connectivity index (χ1v) is 7.52. The Kier molecular flexibility index (Phi) is 2.60. The number of aromatic nitrogens is 2. The molecule has 0 atom stereocenters. The van der Waals surface area contributed by atoms with Gasteiger partial charge < -0.3 is 4.57 Å². The molecule has 3 heteroatoms. The molecule has 0 saturated carbocycles. The minimum Gasteiger partial charge on any atom is -0.338 e. The highest BCUT2D eigenvalue weighted by Gasteiger charge is 2.08. The zero-order valence-electron chi connectivity index (χ0n) is 11.2. The lowest BCUT2D eigenvalue weighted by atomic mass is 10.2. The summed E-state index contributed by atoms with van der Waals surface area (Å²) in [5, 5.41) is 2.46. The molecular weight excluding hydrogens is 264 g/mol. The largest absolute Gasteiger partial charge is 0.338 e. The van der Waals surface area contributed by atoms with Gasteiger partial charge in [0.05, 0.1) is 16.8 Å². The molecule has 0 aliphatic heterocycles. The SMILES string of the molecule is Cc1cc2ccccc2n1Cc1nc2ccccc2s1. The fraction of sp³-hybridized carbons (Fsp3) is 0.118. The lowest BCUT2D eigenvalue weighted by molar-refractivity contribution is 0.800. The molecule has 0 aliphatic rings. The highest BCUT2D eigenvalue weighted by atomic mass is 32.1. The van der Waals surface area contributed by atoms with E-state index >= 15 is 0 Å². The number of aryl methyl sites for hydroxylation is 1. The van der Waals surface area contributed by atoms with Crippen LogP contribution in [-0.4, -0.2) is 9.55 Å². The smallest absolute Gasteiger partial charge is 0.114 e. The second-order valence-corrected chi connectivity index (χ2v) is 6.12. The van der Waals surface area contributed by atoms with Crippen molar-refractivity contribution in [3.63, 3.8) is 0 Å². The Morgan fingerprint density at radius 3 is 2.75 bits per heavy atom. The maximum absolute atomic E-state index is 4.73. The van der Waals surface area contributed by atoms with Crippen molar-refractivity contribution in [1.29, 1.82) is 0 Å². The predicted octanol–water partition coefficient (Wildman–Crippen LogP) is 4.61. The van der Waals surface area contributed by atoms with Crippen LogP contribution in [0.4, 0.5) is 0 Å². The highest BCUT2D eigenvalue weighted by Crippen LogP contribution is 2.25. The topological polar surface area (TPSA) is 17.8 Å². The summed E-state index contributed by atoms with van der Waals surface area (Å²) in [6.45, 7) is 3.01. The second kappa shape index (κ2) is 4.46. The predicted molar refractivity (Wildman–Crippen MR) is 85.4 cm³/mol. The summed E-state index contributed by atoms with van der Waals surface area (Å²) in [7, 11) is 0. The van der Waals surface area contributed by atoms with E-state index in [1.807, 2.05) is 6.07 Å². The second-order valence-electron chi connectivity index (χ2n) is 5.01. The molecule has 0 saturated heterocycles. The van der Waals surface area contributed by atoms with E-state index in [0.29, 0.717) is 0 Å². The van der Waals surface area contributed by atoms with Crippen LogP contribution in [0, 0.1) is 6.92 Å². The van der Waals surface area contributed by atoms with Crippen molar-refractivity contribution in [2.45, 2.75) is 13.5 Å². The zero-order chi connectivity index (χ0) is 13.5. The van der Waals surface area contributed by atoms with Gasteiger partial charge in [0, 0.05) is 11.2 Å². The average molecular weight is 278 g/mol. The molecule has 20 heavy (non-hydrogen) atoms. The first-order valence-electron chi connectivity index (χ1n) is 6.70. The Morgan fingerprint density at radius 1 is 1.05 bits per heavy atom. The summed E-state index contributed by atoms with van der Waals surface area (Å²) in [4.78, 5) is 4.73. The Morgan fingerprint density at radius 2 is 1.85 bits per heavy atom. The molecule has 98 valence electrons. The number of benzene rings is 2. The van der Waals surface area contributed by atoms with Crippen LogP contribution in [-0.2, 0) is 6.54 Å². The van der Waals surface area contributed by atoms with Gasteiger partial charge in [0.15, 0.2) is 0 Å². The molecule has 0 unspecified atom stereocenters. The molecule has 0 N–H and O–H groups in total. The molecule has 4 aromatic rings. The number of thiazole rings is 1. The molecule has 2 nitrogen and oxygen atoms in total. The van der Waals surface area contributed by atoms with Gasteiger partial charge in [-0.1, -0.05) is 30.3 Å². The number of hydrogen-bond acceptors (Lipinski definition) is 2. The van der Waals surface area contributed by atoms with Gasteiger partial charge in [0.1, 0.15) is 5.01 Å². The summed E-state index contributed by atoms with van der Waals surface area (Å²) < 4.78 is 3.60. The summed E-state index contributed by atoms with van der Waals surface area (Å²) in [6, 6.07) is 19.1. The normalized spacial score (nSPS) is 11.4. The summed E-state index contributed by atoms with van der Waals surface area (Å²) in [5.74, 6) is 0. The van der Waals surface area contributed by atoms with Crippen molar-refractivity contribution in [3.05, 3.63) is 65.3 Å². The molecular formula is C17H14N2S. The van der Waals surface area contributed by atoms with Gasteiger partial charge >= 0.3 is 0 Å². The van der Waals surface area contributed by atoms with E-state index in [-0.39, 0.29) is 0 Å². The van der Waals surface area contributed by atoms with Gasteiger partial charge in [-0.05, 0) is 36.6 Å². The van der Waals surface area contributed by atoms with E-state index in [2.05, 4.69) is 60.0 Å². The lowest BCUT2D eigenvalue weighted by Crippen LogP contribution is -2.00. The molecule has 2 heterocycles. The van der Waals surface area contributed by atoms with Crippen molar-refractivity contribution in [3.8, 4) is 0 Å². The minimum atomic E-state index is 0.846. The minimum absolute atomic E-state index is 0.846. The fourth-order valence-corrected chi connectivity index (χ4v) is 3.64. The van der Waals surface area contributed by atoms with Crippen molar-refractivity contribution in [2.75, 3.05) is 0 Å². The fourth-order valence-electron chi connectivity index (χ4n) is 2.68. The van der Waals surface area contributed by atoms with Crippen LogP contribution in [0.5, 0.6) is 0 Å². The summed E-state index contributed by atoms with van der Waals surface area (Å²) in [5.41, 5.74) is 3.66. The van der Waals surface area contributed by atoms with E-state index in [1.54, 1.807) is 11.3 Å². The van der Waals surface area contributed by atoms with Gasteiger partial charge in [-0.25, -0.2) is 4.98 Å². The Balaban J connectivity index is 1.82. The maximum Gasteiger partial charge on any atom is 0.114 e. The van der Waals surface area contributed by atoms with Gasteiger partial charge in [0.25, 0.3) is 0 Å². The van der Waals surface area contributed by atoms with Crippen molar-refractivity contribution in [2.24, 2.45) is 0 Å². The zero-order valence-corrected chi connectivity index (χ0v) is 12.0. The van der Waals surface area contributed by atoms with Gasteiger partial charge in [-0.3, -0.25) is 0 Å². The quantitative estimate of drug-likeness (QED) is 0.523. The van der Waals surface area contributed by atoms with Gasteiger partial charge in [-0.15, -0.1) is 11.3 Å². The Labute approximate surface area is 121 Å². The third kappa shape index (κ3) is 1.82. The van der Waals surface area contributed by atoms with Crippen LogP contribution in [0.25, 0.3) is 21.1 Å². The standard InChI is InChI=1S/C17H14N2S/c1-12-10-13-6-2-4-8-15(13)19(12)11-17-18-14-7-3-5-9-16(14)20-17/h2-10H,11H2,1H3. The Hall–Kier alpha value is -2.13. The number of hydrogen-bond donors (Lipinski definition) is 0. The molecule has 0 amide bonds. The number of fused-ring (bicyclic) bond motifs is 2. The third-order valence-electron chi connectivity index (χ3n) is 3.65. The first kappa shape index (κ1) is 11.7. The van der Waals surface area contributed by atoms with Gasteiger partial charge in [-0.2, -0.15) is 0 Å². The van der Waals surface area contributed by atoms with E-state index in [1.165, 1.54) is 21.3 Å². The molecule has 0 bridgehead atoms. The van der Waals surface area contributed by atoms with Crippen molar-refractivity contribution >= 4 is 32.5 Å². The first-order chi connectivity index (χ1) is 9.81. The molecule has 0 spiro atoms. The molecule has 2 aromatic heterocycles. The number of para-hydroxylation sites is 2. The van der Waals surface area contributed by atoms with Crippen molar-refractivity contribution in [1.82, 2.24) is 9.55 Å². The van der Waals surface area contributed by atoms with E-state index in [4.69, 9.17) is 4.98 Å². The number of nitrogens with zero attached hydrogens (tertiary/aromatic N) is 2. The molecule has 4 rings (SSSR count). The van der Waals surface area contributed by atoms with E-state index in [0.717, 1.165) is 17.1 Å². The van der Waals surface area contributed by atoms with Crippen LogP contribution in [0.2, 0.25) is 0 Å². The Bertz CT molecular complexity index is 869. The van der Waals surface area contributed by atoms with E-state index < -0.39 is 0 Å².